The maximum Gasteiger partial charge on any atom is 0.317 e. The van der Waals surface area contributed by atoms with Gasteiger partial charge in [0.05, 0.1) is 12.7 Å². The fourth-order valence-electron chi connectivity index (χ4n) is 3.90. The molecule has 1 saturated heterocycles. The molecular formula is C25H32O6. The lowest BCUT2D eigenvalue weighted by Crippen LogP contribution is -2.33. The Morgan fingerprint density at radius 2 is 1.94 bits per heavy atom. The van der Waals surface area contributed by atoms with Crippen molar-refractivity contribution in [3.63, 3.8) is 0 Å². The number of phenolic OH excluding ortho intramolecular Hbond substituents is 1. The highest BCUT2D eigenvalue weighted by atomic mass is 16.6. The monoisotopic (exact) mass is 428 g/mol. The summed E-state index contributed by atoms with van der Waals surface area (Å²) in [6.45, 7) is 9.33. The first-order valence-corrected chi connectivity index (χ1v) is 10.5. The van der Waals surface area contributed by atoms with Gasteiger partial charge in [-0.1, -0.05) is 24.1 Å². The van der Waals surface area contributed by atoms with Gasteiger partial charge in [-0.2, -0.15) is 0 Å². The van der Waals surface area contributed by atoms with Crippen LogP contribution in [-0.2, 0) is 14.3 Å². The van der Waals surface area contributed by atoms with Crippen molar-refractivity contribution in [1.82, 2.24) is 0 Å². The van der Waals surface area contributed by atoms with Gasteiger partial charge in [-0.15, -0.1) is 0 Å². The number of carbonyl (C=O) groups excluding carboxylic acids is 3. The quantitative estimate of drug-likeness (QED) is 0.200. The highest BCUT2D eigenvalue weighted by Gasteiger charge is 2.53. The summed E-state index contributed by atoms with van der Waals surface area (Å²) in [5.74, 6) is -2.12. The number of Topliss-reactive ketones (excluding diaryl/α,β-unsaturated/α-hetero) is 1. The Hall–Kier alpha value is -2.89. The van der Waals surface area contributed by atoms with Crippen LogP contribution in [-0.4, -0.2) is 35.4 Å². The highest BCUT2D eigenvalue weighted by Crippen LogP contribution is 2.42. The molecule has 6 heteroatoms. The van der Waals surface area contributed by atoms with Crippen LogP contribution >= 0.6 is 0 Å². The number of carbonyl (C=O) groups is 3. The van der Waals surface area contributed by atoms with E-state index in [9.17, 15) is 19.5 Å². The average molecular weight is 429 g/mol. The molecule has 0 saturated carbocycles. The van der Waals surface area contributed by atoms with Crippen molar-refractivity contribution >= 4 is 17.5 Å². The Morgan fingerprint density at radius 1 is 1.26 bits per heavy atom. The third kappa shape index (κ3) is 5.84. The summed E-state index contributed by atoms with van der Waals surface area (Å²) in [4.78, 5) is 37.5. The topological polar surface area (TPSA) is 89.9 Å². The summed E-state index contributed by atoms with van der Waals surface area (Å²) in [7, 11) is 1.46. The Balaban J connectivity index is 2.08. The molecule has 1 heterocycles. The maximum atomic E-state index is 13.0. The van der Waals surface area contributed by atoms with Crippen molar-refractivity contribution in [2.75, 3.05) is 7.11 Å². The zero-order valence-corrected chi connectivity index (χ0v) is 19.2. The standard InChI is InChI=1S/C25H32O6/c1-15(2)12-18(26)13-16(3)8-7-11-25(5)17(4)22(24(29)31-25)23(28)20-10-9-19(30-6)14-21(20)27/h8-10,12,14,17,22,27H,7,11,13H2,1-6H3/t17-,22+,25+/m1/s1. The van der Waals surface area contributed by atoms with E-state index in [1.54, 1.807) is 12.1 Å². The molecule has 1 aromatic carbocycles. The van der Waals surface area contributed by atoms with Gasteiger partial charge in [-0.3, -0.25) is 14.4 Å². The molecule has 1 N–H and O–H groups in total. The van der Waals surface area contributed by atoms with E-state index in [4.69, 9.17) is 9.47 Å². The minimum Gasteiger partial charge on any atom is -0.507 e. The van der Waals surface area contributed by atoms with Crippen LogP contribution in [0.3, 0.4) is 0 Å². The SMILES string of the molecule is COc1ccc(C(=O)[C@H]2C(=O)O[C@@](C)(CCC=C(C)CC(=O)C=C(C)C)[C@@H]2C)c(O)c1. The molecule has 0 aromatic heterocycles. The largest absolute Gasteiger partial charge is 0.507 e. The van der Waals surface area contributed by atoms with E-state index >= 15 is 0 Å². The number of phenols is 1. The number of hydrogen-bond donors (Lipinski definition) is 1. The number of methoxy groups -OCH3 is 1. The van der Waals surface area contributed by atoms with E-state index in [-0.39, 0.29) is 23.0 Å². The average Bonchev–Trinajstić information content (AvgIpc) is 2.88. The van der Waals surface area contributed by atoms with Gasteiger partial charge in [0.2, 0.25) is 0 Å². The van der Waals surface area contributed by atoms with Crippen LogP contribution in [0, 0.1) is 11.8 Å². The molecule has 0 aliphatic carbocycles. The Morgan fingerprint density at radius 3 is 2.52 bits per heavy atom. The molecule has 0 amide bonds. The first kappa shape index (κ1) is 24.4. The van der Waals surface area contributed by atoms with E-state index < -0.39 is 23.3 Å². The second-order valence-electron chi connectivity index (χ2n) is 8.70. The highest BCUT2D eigenvalue weighted by molar-refractivity contribution is 6.11. The fourth-order valence-corrected chi connectivity index (χ4v) is 3.90. The third-order valence-electron chi connectivity index (χ3n) is 5.84. The summed E-state index contributed by atoms with van der Waals surface area (Å²) < 4.78 is 10.7. The van der Waals surface area contributed by atoms with Crippen LogP contribution < -0.4 is 4.74 Å². The maximum absolute atomic E-state index is 13.0. The number of benzene rings is 1. The van der Waals surface area contributed by atoms with E-state index in [1.165, 1.54) is 19.2 Å². The molecule has 1 aliphatic rings. The van der Waals surface area contributed by atoms with Crippen LogP contribution in [0.25, 0.3) is 0 Å². The van der Waals surface area contributed by atoms with Gasteiger partial charge in [0, 0.05) is 18.4 Å². The predicted octanol–water partition coefficient (Wildman–Crippen LogP) is 4.80. The van der Waals surface area contributed by atoms with Crippen molar-refractivity contribution in [2.45, 2.75) is 59.5 Å². The van der Waals surface area contributed by atoms with Crippen LogP contribution in [0.4, 0.5) is 0 Å². The van der Waals surface area contributed by atoms with E-state index in [0.717, 1.165) is 11.1 Å². The molecule has 1 aromatic rings. The van der Waals surface area contributed by atoms with E-state index in [1.807, 2.05) is 40.7 Å². The lowest BCUT2D eigenvalue weighted by molar-refractivity contribution is -0.149. The van der Waals surface area contributed by atoms with Crippen molar-refractivity contribution < 1.29 is 29.0 Å². The van der Waals surface area contributed by atoms with Crippen molar-refractivity contribution in [1.29, 1.82) is 0 Å². The minimum absolute atomic E-state index is 0.0607. The van der Waals surface area contributed by atoms with Gasteiger partial charge in [-0.25, -0.2) is 0 Å². The molecule has 3 atom stereocenters. The molecule has 168 valence electrons. The number of cyclic esters (lactones) is 1. The van der Waals surface area contributed by atoms with Gasteiger partial charge < -0.3 is 14.6 Å². The van der Waals surface area contributed by atoms with Gasteiger partial charge >= 0.3 is 5.97 Å². The van der Waals surface area contributed by atoms with Gasteiger partial charge in [0.15, 0.2) is 11.6 Å². The van der Waals surface area contributed by atoms with Crippen LogP contribution in [0.1, 0.15) is 64.2 Å². The second-order valence-corrected chi connectivity index (χ2v) is 8.70. The molecular weight excluding hydrogens is 396 g/mol. The Kier molecular flexibility index (Phi) is 7.82. The second kappa shape index (κ2) is 9.94. The van der Waals surface area contributed by atoms with Gasteiger partial charge in [-0.05, 0) is 58.7 Å². The molecule has 0 radical (unpaired) electrons. The number of rotatable bonds is 9. The van der Waals surface area contributed by atoms with Gasteiger partial charge in [0.1, 0.15) is 23.0 Å². The Labute approximate surface area is 183 Å². The number of allylic oxidation sites excluding steroid dienone is 4. The summed E-state index contributed by atoms with van der Waals surface area (Å²) in [5, 5.41) is 10.2. The molecule has 0 bridgehead atoms. The first-order chi connectivity index (χ1) is 14.5. The van der Waals surface area contributed by atoms with Crippen LogP contribution in [0.5, 0.6) is 11.5 Å². The molecule has 0 unspecified atom stereocenters. The molecule has 1 fully saturated rings. The fraction of sp³-hybridized carbons (Fsp3) is 0.480. The lowest BCUT2D eigenvalue weighted by Gasteiger charge is -2.28. The van der Waals surface area contributed by atoms with E-state index in [2.05, 4.69) is 0 Å². The summed E-state index contributed by atoms with van der Waals surface area (Å²) in [6.07, 6.45) is 5.12. The van der Waals surface area contributed by atoms with Crippen molar-refractivity contribution in [3.05, 3.63) is 47.1 Å². The number of ether oxygens (including phenoxy) is 2. The summed E-state index contributed by atoms with van der Waals surface area (Å²) >= 11 is 0. The van der Waals surface area contributed by atoms with E-state index in [0.29, 0.717) is 25.0 Å². The van der Waals surface area contributed by atoms with Crippen LogP contribution in [0.2, 0.25) is 0 Å². The molecule has 1 aliphatic heterocycles. The molecule has 0 spiro atoms. The minimum atomic E-state index is -0.978. The number of aromatic hydroxyl groups is 1. The predicted molar refractivity (Wildman–Crippen MR) is 118 cm³/mol. The zero-order chi connectivity index (χ0) is 23.3. The normalized spacial score (nSPS) is 23.3. The Bertz CT molecular complexity index is 922. The van der Waals surface area contributed by atoms with Crippen LogP contribution in [0.15, 0.2) is 41.5 Å². The number of esters is 1. The zero-order valence-electron chi connectivity index (χ0n) is 19.2. The third-order valence-corrected chi connectivity index (χ3v) is 5.84. The van der Waals surface area contributed by atoms with Crippen molar-refractivity contribution in [2.24, 2.45) is 11.8 Å². The van der Waals surface area contributed by atoms with Crippen molar-refractivity contribution in [3.8, 4) is 11.5 Å². The summed E-state index contributed by atoms with van der Waals surface area (Å²) in [6, 6.07) is 4.38. The molecule has 6 nitrogen and oxygen atoms in total. The lowest BCUT2D eigenvalue weighted by atomic mass is 9.77. The number of hydrogen-bond acceptors (Lipinski definition) is 6. The molecule has 31 heavy (non-hydrogen) atoms. The molecule has 2 rings (SSSR count). The smallest absolute Gasteiger partial charge is 0.317 e. The van der Waals surface area contributed by atoms with Gasteiger partial charge in [0.25, 0.3) is 0 Å². The summed E-state index contributed by atoms with van der Waals surface area (Å²) in [5.41, 5.74) is 1.20. The number of ketones is 2. The first-order valence-electron chi connectivity index (χ1n) is 10.5.